The van der Waals surface area contributed by atoms with Crippen molar-refractivity contribution in [1.82, 2.24) is 0 Å². The van der Waals surface area contributed by atoms with Crippen molar-refractivity contribution in [2.75, 3.05) is 0 Å². The van der Waals surface area contributed by atoms with E-state index in [1.165, 1.54) is 46.7 Å². The zero-order chi connectivity index (χ0) is 39.1. The summed E-state index contributed by atoms with van der Waals surface area (Å²) in [5, 5.41) is 13.4. The van der Waals surface area contributed by atoms with Gasteiger partial charge in [0.05, 0.1) is 7.35 Å². The SMILES string of the molecule is c1ccc([Si](c2ccccc2)(c2ccccc2)[SiH]([Si](c2ccccc2)(c2ccccc2)c2ccccc2)[Si](c2ccccc2)(c2ccccc2)c2ccccc2)cc1. The number of hydrogen-bond donors (Lipinski definition) is 0. The highest BCUT2D eigenvalue weighted by molar-refractivity contribution is 7.96. The third-order valence-corrected chi connectivity index (χ3v) is 66.3. The van der Waals surface area contributed by atoms with Crippen molar-refractivity contribution >= 4 is 76.8 Å². The van der Waals surface area contributed by atoms with Crippen molar-refractivity contribution in [3.63, 3.8) is 0 Å². The predicted octanol–water partition coefficient (Wildman–Crippen LogP) is 5.96. The lowest BCUT2D eigenvalue weighted by Crippen LogP contribution is -3.01. The van der Waals surface area contributed by atoms with Crippen molar-refractivity contribution in [3.05, 3.63) is 273 Å². The molecule has 0 saturated carbocycles. The summed E-state index contributed by atoms with van der Waals surface area (Å²) in [5.74, 6) is 0. The molecule has 0 amide bonds. The Kier molecular flexibility index (Phi) is 10.8. The Hall–Kier alpha value is -6.15. The molecule has 0 nitrogen and oxygen atoms in total. The van der Waals surface area contributed by atoms with Crippen LogP contribution in [0.5, 0.6) is 0 Å². The third-order valence-electron chi connectivity index (χ3n) is 12.4. The van der Waals surface area contributed by atoms with Crippen LogP contribution < -0.4 is 46.7 Å². The fourth-order valence-electron chi connectivity index (χ4n) is 10.3. The molecule has 0 aromatic heterocycles. The van der Waals surface area contributed by atoms with Gasteiger partial charge >= 0.3 is 0 Å². The number of rotatable bonds is 12. The van der Waals surface area contributed by atoms with E-state index in [-0.39, 0.29) is 0 Å². The fourth-order valence-corrected chi connectivity index (χ4v) is 89.3. The monoisotopic (exact) mass is 806 g/mol. The first-order valence-corrected chi connectivity index (χ1v) is 31.7. The third kappa shape index (κ3) is 6.26. The summed E-state index contributed by atoms with van der Waals surface area (Å²) < 4.78 is 0. The molecule has 0 aliphatic heterocycles. The van der Waals surface area contributed by atoms with E-state index < -0.39 is 30.1 Å². The fraction of sp³-hybridized carbons (Fsp3) is 0. The average molecular weight is 807 g/mol. The van der Waals surface area contributed by atoms with Crippen molar-refractivity contribution in [3.8, 4) is 0 Å². The smallest absolute Gasteiger partial charge is 0.0625 e. The van der Waals surface area contributed by atoms with Crippen molar-refractivity contribution in [2.24, 2.45) is 0 Å². The van der Waals surface area contributed by atoms with Gasteiger partial charge in [-0.2, -0.15) is 0 Å². The molecular formula is C54H46Si4. The van der Waals surface area contributed by atoms with Gasteiger partial charge in [0, 0.05) is 0 Å². The van der Waals surface area contributed by atoms with Gasteiger partial charge in [-0.1, -0.05) is 320 Å². The first-order valence-electron chi connectivity index (χ1n) is 20.3. The zero-order valence-corrected chi connectivity index (χ0v) is 36.7. The van der Waals surface area contributed by atoms with Gasteiger partial charge in [0.2, 0.25) is 0 Å². The van der Waals surface area contributed by atoms with Crippen molar-refractivity contribution in [1.29, 1.82) is 0 Å². The van der Waals surface area contributed by atoms with Gasteiger partial charge < -0.3 is 0 Å². The van der Waals surface area contributed by atoms with E-state index in [0.29, 0.717) is 0 Å². The molecule has 0 heterocycles. The normalized spacial score (nSPS) is 11.9. The predicted molar refractivity (Wildman–Crippen MR) is 259 cm³/mol. The largest absolute Gasteiger partial charge is 0.133 e. The Bertz CT molecular complexity index is 2040. The van der Waals surface area contributed by atoms with Gasteiger partial charge in [-0.05, 0) is 0 Å². The van der Waals surface area contributed by atoms with Gasteiger partial charge in [0.1, 0.15) is 22.8 Å². The molecule has 0 atom stereocenters. The lowest BCUT2D eigenvalue weighted by atomic mass is 10.3. The molecule has 0 saturated heterocycles. The van der Waals surface area contributed by atoms with Crippen LogP contribution in [0.25, 0.3) is 0 Å². The lowest BCUT2D eigenvalue weighted by molar-refractivity contribution is 1.68. The van der Waals surface area contributed by atoms with Crippen LogP contribution >= 0.6 is 0 Å². The summed E-state index contributed by atoms with van der Waals surface area (Å²) in [4.78, 5) is 0. The summed E-state index contributed by atoms with van der Waals surface area (Å²) in [6.07, 6.45) is 0. The molecule has 0 unspecified atom stereocenters. The molecule has 278 valence electrons. The molecule has 0 radical (unpaired) electrons. The molecule has 0 spiro atoms. The number of benzene rings is 9. The van der Waals surface area contributed by atoms with E-state index in [4.69, 9.17) is 0 Å². The van der Waals surface area contributed by atoms with Gasteiger partial charge in [0.25, 0.3) is 0 Å². The lowest BCUT2D eigenvalue weighted by Gasteiger charge is -2.57. The van der Waals surface area contributed by atoms with Gasteiger partial charge in [0.15, 0.2) is 0 Å². The maximum absolute atomic E-state index is 3.16. The van der Waals surface area contributed by atoms with Gasteiger partial charge in [-0.25, -0.2) is 0 Å². The van der Waals surface area contributed by atoms with Crippen LogP contribution in [0.4, 0.5) is 0 Å². The Balaban J connectivity index is 1.68. The van der Waals surface area contributed by atoms with Crippen molar-refractivity contribution in [2.45, 2.75) is 0 Å². The van der Waals surface area contributed by atoms with E-state index in [1.54, 1.807) is 0 Å². The minimum atomic E-state index is -3.16. The highest BCUT2D eigenvalue weighted by atomic mass is 29.9. The molecule has 0 N–H and O–H groups in total. The molecule has 0 bridgehead atoms. The van der Waals surface area contributed by atoms with E-state index in [9.17, 15) is 0 Å². The molecule has 0 aliphatic rings. The van der Waals surface area contributed by atoms with Gasteiger partial charge in [-0.3, -0.25) is 0 Å². The highest BCUT2D eigenvalue weighted by Gasteiger charge is 2.69. The quantitative estimate of drug-likeness (QED) is 0.106. The standard InChI is InChI=1S/C54H46Si4/c1-10-28-46(29-11-1)56(47-30-12-2-13-31-47,48-32-14-3-15-33-48)55(57(49-34-16-4-17-35-49,50-36-18-5-19-37-50)51-38-20-6-21-39-51)58(52-40-22-7-23-41-52,53-42-24-8-25-43-53)54-44-26-9-27-45-54/h1-45,55H. The molecule has 0 fully saturated rings. The minimum absolute atomic E-state index is 1.49. The Morgan fingerprint density at radius 1 is 0.155 bits per heavy atom. The first kappa shape index (κ1) is 37.4. The van der Waals surface area contributed by atoms with E-state index in [0.717, 1.165) is 0 Å². The first-order chi connectivity index (χ1) is 28.8. The Morgan fingerprint density at radius 3 is 0.362 bits per heavy atom. The second-order valence-electron chi connectivity index (χ2n) is 15.2. The molecule has 9 aromatic carbocycles. The Labute approximate surface area is 347 Å². The maximum atomic E-state index is 2.51. The molecule has 0 aliphatic carbocycles. The molecular weight excluding hydrogens is 761 g/mol. The summed E-state index contributed by atoms with van der Waals surface area (Å²) in [6.45, 7) is 0. The molecule has 4 heteroatoms. The topological polar surface area (TPSA) is 0 Å². The van der Waals surface area contributed by atoms with Crippen LogP contribution in [0, 0.1) is 0 Å². The second kappa shape index (κ2) is 16.8. The second-order valence-corrected chi connectivity index (χ2v) is 44.2. The van der Waals surface area contributed by atoms with Crippen LogP contribution in [0.15, 0.2) is 273 Å². The van der Waals surface area contributed by atoms with Gasteiger partial charge in [-0.15, -0.1) is 0 Å². The maximum Gasteiger partial charge on any atom is 0.133 e. The molecule has 9 rings (SSSR count). The van der Waals surface area contributed by atoms with Crippen LogP contribution in [0.1, 0.15) is 0 Å². The average Bonchev–Trinajstić information content (AvgIpc) is 3.33. The number of hydrogen-bond acceptors (Lipinski definition) is 0. The summed E-state index contributed by atoms with van der Waals surface area (Å²) >= 11 is 0. The summed E-state index contributed by atoms with van der Waals surface area (Å²) in [5.41, 5.74) is 0. The Morgan fingerprint density at radius 2 is 0.259 bits per heavy atom. The molecule has 58 heavy (non-hydrogen) atoms. The summed E-state index contributed by atoms with van der Waals surface area (Å²) in [6, 6.07) is 107. The summed E-state index contributed by atoms with van der Waals surface area (Å²) in [7, 11) is -12.1. The van der Waals surface area contributed by atoms with Crippen molar-refractivity contribution < 1.29 is 0 Å². The minimum Gasteiger partial charge on any atom is -0.0625 e. The highest BCUT2D eigenvalue weighted by Crippen LogP contribution is 2.29. The van der Waals surface area contributed by atoms with Crippen LogP contribution in [-0.2, 0) is 0 Å². The van der Waals surface area contributed by atoms with E-state index in [2.05, 4.69) is 273 Å². The van der Waals surface area contributed by atoms with E-state index >= 15 is 0 Å². The van der Waals surface area contributed by atoms with Crippen LogP contribution in [0.2, 0.25) is 0 Å². The molecule has 9 aromatic rings. The zero-order valence-electron chi connectivity index (χ0n) is 32.6. The van der Waals surface area contributed by atoms with Crippen LogP contribution in [0.3, 0.4) is 0 Å². The van der Waals surface area contributed by atoms with E-state index in [1.807, 2.05) is 0 Å². The van der Waals surface area contributed by atoms with Crippen LogP contribution in [-0.4, -0.2) is 30.1 Å².